The number of fused-ring (bicyclic) bond motifs is 1. The molecule has 1 aromatic heterocycles. The first-order valence-corrected chi connectivity index (χ1v) is 13.9. The quantitative estimate of drug-likeness (QED) is 0.191. The van der Waals surface area contributed by atoms with Crippen LogP contribution in [-0.2, 0) is 9.53 Å². The van der Waals surface area contributed by atoms with Gasteiger partial charge in [0.15, 0.2) is 11.6 Å². The van der Waals surface area contributed by atoms with E-state index in [4.69, 9.17) is 15.2 Å². The minimum Gasteiger partial charge on any atom is -0.486 e. The second-order valence-corrected chi connectivity index (χ2v) is 10.3. The minimum absolute atomic E-state index is 0.00614. The summed E-state index contributed by atoms with van der Waals surface area (Å²) in [6.45, 7) is 0.986. The maximum absolute atomic E-state index is 15.1. The van der Waals surface area contributed by atoms with Crippen molar-refractivity contribution in [3.63, 3.8) is 0 Å². The summed E-state index contributed by atoms with van der Waals surface area (Å²) >= 11 is 0. The molecule has 4 aromatic carbocycles. The van der Waals surface area contributed by atoms with E-state index in [2.05, 4.69) is 20.6 Å². The average Bonchev–Trinajstić information content (AvgIpc) is 3.46. The third kappa shape index (κ3) is 5.97. The highest BCUT2D eigenvalue weighted by molar-refractivity contribution is 5.85. The highest BCUT2D eigenvalue weighted by Gasteiger charge is 2.31. The van der Waals surface area contributed by atoms with E-state index in [0.29, 0.717) is 18.8 Å². The van der Waals surface area contributed by atoms with Crippen LogP contribution in [-0.4, -0.2) is 47.8 Å². The van der Waals surface area contributed by atoms with Gasteiger partial charge in [0.05, 0.1) is 29.4 Å². The molecule has 42 heavy (non-hydrogen) atoms. The van der Waals surface area contributed by atoms with Crippen molar-refractivity contribution in [2.75, 3.05) is 25.1 Å². The van der Waals surface area contributed by atoms with Crippen LogP contribution in [0.2, 0.25) is 0 Å². The summed E-state index contributed by atoms with van der Waals surface area (Å²) in [5.74, 6) is -0.726. The second kappa shape index (κ2) is 12.4. The van der Waals surface area contributed by atoms with Gasteiger partial charge in [-0.15, -0.1) is 0 Å². The van der Waals surface area contributed by atoms with Crippen LogP contribution < -0.4 is 21.1 Å². The van der Waals surface area contributed by atoms with Crippen LogP contribution in [0.4, 0.5) is 10.1 Å². The molecular weight excluding hydrogens is 533 g/mol. The van der Waals surface area contributed by atoms with Crippen LogP contribution in [0.5, 0.6) is 5.75 Å². The Morgan fingerprint density at radius 1 is 0.976 bits per heavy atom. The molecule has 0 spiro atoms. The maximum Gasteiger partial charge on any atom is 0.240 e. The lowest BCUT2D eigenvalue weighted by atomic mass is 9.84. The number of anilines is 1. The molecule has 9 heteroatoms. The van der Waals surface area contributed by atoms with Crippen LogP contribution in [0.1, 0.15) is 28.9 Å². The van der Waals surface area contributed by atoms with Crippen molar-refractivity contribution in [3.05, 3.63) is 126 Å². The number of hydrogen-bond acceptors (Lipinski definition) is 6. The first-order valence-electron chi connectivity index (χ1n) is 13.9. The molecule has 6 rings (SSSR count). The molecule has 2 heterocycles. The Labute approximate surface area is 243 Å². The van der Waals surface area contributed by atoms with Gasteiger partial charge < -0.3 is 30.8 Å². The number of nitrogens with zero attached hydrogens (tertiary/aromatic N) is 1. The largest absolute Gasteiger partial charge is 0.486 e. The van der Waals surface area contributed by atoms with Gasteiger partial charge >= 0.3 is 0 Å². The van der Waals surface area contributed by atoms with E-state index in [1.54, 1.807) is 12.1 Å². The van der Waals surface area contributed by atoms with Crippen LogP contribution in [0.3, 0.4) is 0 Å². The number of aromatic nitrogens is 2. The van der Waals surface area contributed by atoms with Gasteiger partial charge in [-0.2, -0.15) is 0 Å². The zero-order valence-corrected chi connectivity index (χ0v) is 22.9. The Hall–Kier alpha value is -4.73. The molecule has 1 saturated heterocycles. The van der Waals surface area contributed by atoms with Gasteiger partial charge in [0.2, 0.25) is 5.91 Å². The number of carbonyl (C=O) groups excluding carboxylic acids is 1. The number of nitrogens with one attached hydrogen (secondary N) is 3. The lowest BCUT2D eigenvalue weighted by Gasteiger charge is -2.30. The lowest BCUT2D eigenvalue weighted by molar-refractivity contribution is -0.119. The molecule has 5 aromatic rings. The third-order valence-corrected chi connectivity index (χ3v) is 7.48. The van der Waals surface area contributed by atoms with E-state index in [0.717, 1.165) is 28.0 Å². The number of amides is 1. The summed E-state index contributed by atoms with van der Waals surface area (Å²) in [6, 6.07) is 30.7. The van der Waals surface area contributed by atoms with Crippen molar-refractivity contribution >= 4 is 22.6 Å². The number of halogens is 1. The molecule has 8 nitrogen and oxygen atoms in total. The predicted octanol–water partition coefficient (Wildman–Crippen LogP) is 4.91. The number of rotatable bonds is 10. The zero-order chi connectivity index (χ0) is 28.9. The molecule has 1 amide bonds. The summed E-state index contributed by atoms with van der Waals surface area (Å²) in [7, 11) is 0. The Morgan fingerprint density at radius 3 is 2.31 bits per heavy atom. The van der Waals surface area contributed by atoms with E-state index in [1.165, 1.54) is 6.07 Å². The number of nitrogens with two attached hydrogens (primary N) is 1. The van der Waals surface area contributed by atoms with E-state index >= 15 is 4.39 Å². The van der Waals surface area contributed by atoms with Crippen LogP contribution in [0.25, 0.3) is 11.0 Å². The van der Waals surface area contributed by atoms with E-state index in [-0.39, 0.29) is 24.5 Å². The van der Waals surface area contributed by atoms with Gasteiger partial charge in [0, 0.05) is 12.5 Å². The Kier molecular flexibility index (Phi) is 8.12. The molecular formula is C33H32FN5O3. The fourth-order valence-electron chi connectivity index (χ4n) is 5.37. The number of hydrogen-bond donors (Lipinski definition) is 4. The molecule has 0 bridgehead atoms. The number of morpholine rings is 1. The summed E-state index contributed by atoms with van der Waals surface area (Å²) in [6.07, 6.45) is -0.314. The van der Waals surface area contributed by atoms with E-state index in [1.807, 2.05) is 84.9 Å². The number of imidazole rings is 1. The third-order valence-electron chi connectivity index (χ3n) is 7.48. The number of carbonyl (C=O) groups is 1. The van der Waals surface area contributed by atoms with Gasteiger partial charge in [-0.1, -0.05) is 78.9 Å². The predicted molar refractivity (Wildman–Crippen MR) is 160 cm³/mol. The van der Waals surface area contributed by atoms with Crippen molar-refractivity contribution in [2.45, 2.75) is 24.1 Å². The Morgan fingerprint density at radius 2 is 1.67 bits per heavy atom. The number of para-hydroxylation sites is 3. The number of primary amides is 1. The molecule has 0 aliphatic carbocycles. The molecule has 0 saturated carbocycles. The molecule has 1 aliphatic rings. The van der Waals surface area contributed by atoms with Gasteiger partial charge in [-0.3, -0.25) is 4.79 Å². The molecule has 1 fully saturated rings. The first-order chi connectivity index (χ1) is 20.6. The summed E-state index contributed by atoms with van der Waals surface area (Å²) in [5, 5.41) is 6.65. The molecule has 0 radical (unpaired) electrons. The zero-order valence-electron chi connectivity index (χ0n) is 22.9. The number of aromatic amines is 1. The van der Waals surface area contributed by atoms with E-state index < -0.39 is 23.7 Å². The topological polar surface area (TPSA) is 114 Å². The van der Waals surface area contributed by atoms with Crippen molar-refractivity contribution in [1.29, 1.82) is 0 Å². The maximum atomic E-state index is 15.1. The average molecular weight is 566 g/mol. The highest BCUT2D eigenvalue weighted by Crippen LogP contribution is 2.34. The number of benzene rings is 4. The molecule has 1 aliphatic heterocycles. The van der Waals surface area contributed by atoms with Crippen LogP contribution in [0.15, 0.2) is 103 Å². The first kappa shape index (κ1) is 27.4. The SMILES string of the molecule is NC(=O)[C@@H](Nc1cccc(F)c1OC[C@@H]1CN[C@H](c2nc3ccccc3[nH]2)CO1)C(c1ccccc1)c1ccccc1. The van der Waals surface area contributed by atoms with Crippen molar-refractivity contribution < 1.29 is 18.7 Å². The van der Waals surface area contributed by atoms with Crippen molar-refractivity contribution in [3.8, 4) is 5.75 Å². The highest BCUT2D eigenvalue weighted by atomic mass is 19.1. The normalized spacial score (nSPS) is 17.7. The number of H-pyrrole nitrogens is 1. The van der Waals surface area contributed by atoms with Gasteiger partial charge in [-0.05, 0) is 35.4 Å². The van der Waals surface area contributed by atoms with Crippen molar-refractivity contribution in [1.82, 2.24) is 15.3 Å². The molecule has 5 N–H and O–H groups in total. The smallest absolute Gasteiger partial charge is 0.240 e. The second-order valence-electron chi connectivity index (χ2n) is 10.3. The molecule has 3 atom stereocenters. The Balaban J connectivity index is 1.17. The Bertz CT molecular complexity index is 1570. The van der Waals surface area contributed by atoms with Crippen LogP contribution in [0, 0.1) is 5.82 Å². The number of ether oxygens (including phenoxy) is 2. The van der Waals surface area contributed by atoms with Crippen molar-refractivity contribution in [2.24, 2.45) is 5.73 Å². The van der Waals surface area contributed by atoms with E-state index in [9.17, 15) is 4.79 Å². The standard InChI is InChI=1S/C33H32FN5O3/c34-24-14-9-17-27(37-30(32(35)40)29(21-10-3-1-4-11-21)22-12-5-2-6-13-22)31(24)42-19-23-18-36-28(20-41-23)33-38-25-15-7-8-16-26(25)39-33/h1-17,23,28-30,36-37H,18-20H2,(H2,35,40)(H,38,39)/t23-,28-,30-/m0/s1. The fourth-order valence-corrected chi connectivity index (χ4v) is 5.37. The summed E-state index contributed by atoms with van der Waals surface area (Å²) < 4.78 is 27.2. The van der Waals surface area contributed by atoms with Gasteiger partial charge in [0.25, 0.3) is 0 Å². The van der Waals surface area contributed by atoms with Gasteiger partial charge in [-0.25, -0.2) is 9.37 Å². The molecule has 0 unspecified atom stereocenters. The monoisotopic (exact) mass is 565 g/mol. The summed E-state index contributed by atoms with van der Waals surface area (Å²) in [5.41, 5.74) is 9.96. The van der Waals surface area contributed by atoms with Crippen LogP contribution >= 0.6 is 0 Å². The lowest BCUT2D eigenvalue weighted by Crippen LogP contribution is -2.44. The van der Waals surface area contributed by atoms with Gasteiger partial charge in [0.1, 0.15) is 24.6 Å². The fraction of sp³-hybridized carbons (Fsp3) is 0.212. The molecule has 214 valence electrons. The minimum atomic E-state index is -0.879. The summed E-state index contributed by atoms with van der Waals surface area (Å²) in [4.78, 5) is 20.9.